The monoisotopic (exact) mass is 269 g/mol. The molecule has 1 aliphatic heterocycles. The van der Waals surface area contributed by atoms with E-state index < -0.39 is 6.10 Å². The molecule has 1 atom stereocenters. The van der Waals surface area contributed by atoms with Gasteiger partial charge < -0.3 is 14.7 Å². The summed E-state index contributed by atoms with van der Waals surface area (Å²) in [5.41, 5.74) is 2.30. The Labute approximate surface area is 117 Å². The van der Waals surface area contributed by atoms with Crippen LogP contribution < -0.4 is 9.64 Å². The number of aliphatic hydroxyl groups excluding tert-OH is 1. The van der Waals surface area contributed by atoms with Crippen LogP contribution in [0.15, 0.2) is 48.5 Å². The molecule has 4 nitrogen and oxygen atoms in total. The van der Waals surface area contributed by atoms with Crippen LogP contribution in [-0.4, -0.2) is 24.7 Å². The van der Waals surface area contributed by atoms with E-state index in [1.807, 2.05) is 36.4 Å². The number of benzene rings is 2. The van der Waals surface area contributed by atoms with Crippen LogP contribution in [0.4, 0.5) is 5.69 Å². The van der Waals surface area contributed by atoms with Crippen LogP contribution >= 0.6 is 0 Å². The normalized spacial score (nSPS) is 15.5. The molecule has 3 rings (SSSR count). The molecule has 1 N–H and O–H groups in total. The highest BCUT2D eigenvalue weighted by Gasteiger charge is 2.23. The molecule has 20 heavy (non-hydrogen) atoms. The van der Waals surface area contributed by atoms with Gasteiger partial charge in [-0.05, 0) is 23.3 Å². The number of anilines is 1. The third-order valence-electron chi connectivity index (χ3n) is 3.50. The lowest BCUT2D eigenvalue weighted by atomic mass is 10.0. The van der Waals surface area contributed by atoms with E-state index in [2.05, 4.69) is 0 Å². The van der Waals surface area contributed by atoms with Crippen molar-refractivity contribution < 1.29 is 14.6 Å². The molecule has 0 spiro atoms. The third kappa shape index (κ3) is 2.14. The average molecular weight is 269 g/mol. The minimum absolute atomic E-state index is 0.0361. The minimum Gasteiger partial charge on any atom is -0.482 e. The number of hydrogen-bond donors (Lipinski definition) is 1. The number of aliphatic hydroxyl groups is 1. The van der Waals surface area contributed by atoms with Gasteiger partial charge in [-0.25, -0.2) is 0 Å². The van der Waals surface area contributed by atoms with Gasteiger partial charge in [0, 0.05) is 7.05 Å². The SMILES string of the molecule is CN1C(=O)COc2cc(C(O)c3ccccc3)ccc21. The average Bonchev–Trinajstić information content (AvgIpc) is 2.51. The predicted molar refractivity (Wildman–Crippen MR) is 75.9 cm³/mol. The number of hydrogen-bond acceptors (Lipinski definition) is 3. The van der Waals surface area contributed by atoms with Crippen LogP contribution in [0.2, 0.25) is 0 Å². The van der Waals surface area contributed by atoms with Crippen molar-refractivity contribution in [1.29, 1.82) is 0 Å². The van der Waals surface area contributed by atoms with Gasteiger partial charge in [0.2, 0.25) is 0 Å². The quantitative estimate of drug-likeness (QED) is 0.908. The maximum atomic E-state index is 11.5. The molecule has 1 unspecified atom stereocenters. The number of rotatable bonds is 2. The fourth-order valence-corrected chi connectivity index (χ4v) is 2.29. The Morgan fingerprint density at radius 2 is 1.90 bits per heavy atom. The molecule has 0 bridgehead atoms. The number of carbonyl (C=O) groups excluding carboxylic acids is 1. The highest BCUT2D eigenvalue weighted by molar-refractivity contribution is 5.97. The van der Waals surface area contributed by atoms with Crippen molar-refractivity contribution in [3.8, 4) is 5.75 Å². The summed E-state index contributed by atoms with van der Waals surface area (Å²) in [5.74, 6) is 0.549. The van der Waals surface area contributed by atoms with E-state index in [4.69, 9.17) is 4.74 Å². The molecule has 2 aromatic carbocycles. The second kappa shape index (κ2) is 4.98. The summed E-state index contributed by atoms with van der Waals surface area (Å²) in [6.45, 7) is 0.0361. The molecule has 0 aliphatic carbocycles. The first kappa shape index (κ1) is 12.7. The lowest BCUT2D eigenvalue weighted by Crippen LogP contribution is -2.35. The lowest BCUT2D eigenvalue weighted by Gasteiger charge is -2.26. The zero-order valence-electron chi connectivity index (χ0n) is 11.1. The first-order chi connectivity index (χ1) is 9.66. The van der Waals surface area contributed by atoms with E-state index in [9.17, 15) is 9.90 Å². The van der Waals surface area contributed by atoms with Crippen molar-refractivity contribution in [2.75, 3.05) is 18.6 Å². The molecule has 0 aromatic heterocycles. The highest BCUT2D eigenvalue weighted by Crippen LogP contribution is 2.34. The molecule has 2 aromatic rings. The summed E-state index contributed by atoms with van der Waals surface area (Å²) >= 11 is 0. The van der Waals surface area contributed by atoms with Crippen molar-refractivity contribution in [2.45, 2.75) is 6.10 Å². The minimum atomic E-state index is -0.701. The Morgan fingerprint density at radius 1 is 1.15 bits per heavy atom. The lowest BCUT2D eigenvalue weighted by molar-refractivity contribution is -0.120. The first-order valence-corrected chi connectivity index (χ1v) is 6.43. The van der Waals surface area contributed by atoms with Crippen molar-refractivity contribution >= 4 is 11.6 Å². The number of nitrogens with zero attached hydrogens (tertiary/aromatic N) is 1. The summed E-state index contributed by atoms with van der Waals surface area (Å²) in [7, 11) is 1.72. The van der Waals surface area contributed by atoms with E-state index in [1.54, 1.807) is 24.1 Å². The highest BCUT2D eigenvalue weighted by atomic mass is 16.5. The third-order valence-corrected chi connectivity index (χ3v) is 3.50. The fourth-order valence-electron chi connectivity index (χ4n) is 2.29. The second-order valence-electron chi connectivity index (χ2n) is 4.78. The number of likely N-dealkylation sites (N-methyl/N-ethyl adjacent to an activating group) is 1. The zero-order chi connectivity index (χ0) is 14.1. The topological polar surface area (TPSA) is 49.8 Å². The Morgan fingerprint density at radius 3 is 2.65 bits per heavy atom. The van der Waals surface area contributed by atoms with E-state index in [1.165, 1.54) is 0 Å². The van der Waals surface area contributed by atoms with E-state index >= 15 is 0 Å². The Balaban J connectivity index is 1.95. The number of ether oxygens (including phenoxy) is 1. The van der Waals surface area contributed by atoms with Crippen LogP contribution in [0.25, 0.3) is 0 Å². The maximum Gasteiger partial charge on any atom is 0.264 e. The standard InChI is InChI=1S/C16H15NO3/c1-17-13-8-7-12(9-14(13)20-10-15(17)18)16(19)11-5-3-2-4-6-11/h2-9,16,19H,10H2,1H3. The predicted octanol–water partition coefficient (Wildman–Crippen LogP) is 2.12. The van der Waals surface area contributed by atoms with Crippen molar-refractivity contribution in [1.82, 2.24) is 0 Å². The molecule has 0 saturated heterocycles. The smallest absolute Gasteiger partial charge is 0.264 e. The van der Waals surface area contributed by atoms with Gasteiger partial charge in [-0.3, -0.25) is 4.79 Å². The Hall–Kier alpha value is -2.33. The van der Waals surface area contributed by atoms with Crippen molar-refractivity contribution in [3.63, 3.8) is 0 Å². The van der Waals surface area contributed by atoms with Crippen LogP contribution in [0.3, 0.4) is 0 Å². The van der Waals surface area contributed by atoms with Gasteiger partial charge in [-0.1, -0.05) is 36.4 Å². The molecule has 102 valence electrons. The number of carbonyl (C=O) groups is 1. The van der Waals surface area contributed by atoms with E-state index in [0.29, 0.717) is 5.75 Å². The van der Waals surface area contributed by atoms with Crippen LogP contribution in [0.5, 0.6) is 5.75 Å². The van der Waals surface area contributed by atoms with Crippen LogP contribution in [0.1, 0.15) is 17.2 Å². The molecule has 0 radical (unpaired) electrons. The number of amides is 1. The molecule has 1 aliphatic rings. The fraction of sp³-hybridized carbons (Fsp3) is 0.188. The molecule has 0 fully saturated rings. The van der Waals surface area contributed by atoms with E-state index in [-0.39, 0.29) is 12.5 Å². The summed E-state index contributed by atoms with van der Waals surface area (Å²) in [6.07, 6.45) is -0.701. The molecular weight excluding hydrogens is 254 g/mol. The van der Waals surface area contributed by atoms with Crippen molar-refractivity contribution in [2.24, 2.45) is 0 Å². The molecule has 1 heterocycles. The van der Waals surface area contributed by atoms with Gasteiger partial charge >= 0.3 is 0 Å². The summed E-state index contributed by atoms with van der Waals surface area (Å²) < 4.78 is 5.43. The van der Waals surface area contributed by atoms with E-state index in [0.717, 1.165) is 16.8 Å². The zero-order valence-corrected chi connectivity index (χ0v) is 11.1. The number of fused-ring (bicyclic) bond motifs is 1. The molecule has 1 amide bonds. The summed E-state index contributed by atoms with van der Waals surface area (Å²) in [6, 6.07) is 14.8. The first-order valence-electron chi connectivity index (χ1n) is 6.43. The van der Waals surface area contributed by atoms with Gasteiger partial charge in [0.1, 0.15) is 11.9 Å². The largest absolute Gasteiger partial charge is 0.482 e. The van der Waals surface area contributed by atoms with Gasteiger partial charge in [0.25, 0.3) is 5.91 Å². The van der Waals surface area contributed by atoms with Crippen LogP contribution in [-0.2, 0) is 4.79 Å². The molecule has 0 saturated carbocycles. The van der Waals surface area contributed by atoms with Gasteiger partial charge in [0.05, 0.1) is 5.69 Å². The van der Waals surface area contributed by atoms with Crippen molar-refractivity contribution in [3.05, 3.63) is 59.7 Å². The summed E-state index contributed by atoms with van der Waals surface area (Å²) in [4.78, 5) is 13.1. The van der Waals surface area contributed by atoms with Gasteiger partial charge in [-0.15, -0.1) is 0 Å². The Kier molecular flexibility index (Phi) is 3.16. The maximum absolute atomic E-state index is 11.5. The Bertz CT molecular complexity index is 639. The van der Waals surface area contributed by atoms with Gasteiger partial charge in [-0.2, -0.15) is 0 Å². The van der Waals surface area contributed by atoms with Crippen LogP contribution in [0, 0.1) is 0 Å². The second-order valence-corrected chi connectivity index (χ2v) is 4.78. The molecular formula is C16H15NO3. The van der Waals surface area contributed by atoms with Gasteiger partial charge in [0.15, 0.2) is 6.61 Å². The summed E-state index contributed by atoms with van der Waals surface area (Å²) in [5, 5.41) is 10.4. The molecule has 4 heteroatoms.